The maximum Gasteiger partial charge on any atom is -0.0169 e. The Morgan fingerprint density at radius 2 is 2.09 bits per heavy atom. The molecule has 64 valence electrons. The first-order valence-electron chi connectivity index (χ1n) is 4.83. The second-order valence-electron chi connectivity index (χ2n) is 4.19. The lowest BCUT2D eigenvalue weighted by Gasteiger charge is -2.32. The van der Waals surface area contributed by atoms with Gasteiger partial charge in [0, 0.05) is 0 Å². The van der Waals surface area contributed by atoms with Crippen LogP contribution in [0.5, 0.6) is 0 Å². The van der Waals surface area contributed by atoms with Crippen molar-refractivity contribution in [3.63, 3.8) is 0 Å². The third-order valence-electron chi connectivity index (χ3n) is 2.81. The maximum absolute atomic E-state index is 2.31. The van der Waals surface area contributed by atoms with Crippen molar-refractivity contribution >= 4 is 0 Å². The normalized spacial score (nSPS) is 24.3. The fraction of sp³-hybridized carbons (Fsp3) is 0.818. The predicted molar refractivity (Wildman–Crippen MR) is 50.6 cm³/mol. The molecule has 0 aromatic rings. The van der Waals surface area contributed by atoms with Crippen LogP contribution < -0.4 is 0 Å². The van der Waals surface area contributed by atoms with E-state index in [2.05, 4.69) is 27.7 Å². The standard InChI is InChI=1S/C11H20/c1-5-10-7-11(9(10)4)6-8(2)3/h8,10H,5-7H2,1-4H3. The van der Waals surface area contributed by atoms with Crippen molar-refractivity contribution in [1.29, 1.82) is 0 Å². The van der Waals surface area contributed by atoms with Gasteiger partial charge < -0.3 is 0 Å². The topological polar surface area (TPSA) is 0 Å². The molecule has 0 radical (unpaired) electrons. The molecule has 0 heterocycles. The summed E-state index contributed by atoms with van der Waals surface area (Å²) in [6.45, 7) is 9.22. The molecule has 1 rings (SSSR count). The summed E-state index contributed by atoms with van der Waals surface area (Å²) in [4.78, 5) is 0. The van der Waals surface area contributed by atoms with Gasteiger partial charge >= 0.3 is 0 Å². The highest BCUT2D eigenvalue weighted by molar-refractivity contribution is 5.26. The number of allylic oxidation sites excluding steroid dienone is 2. The van der Waals surface area contributed by atoms with Crippen molar-refractivity contribution in [2.75, 3.05) is 0 Å². The zero-order valence-corrected chi connectivity index (χ0v) is 8.28. The Morgan fingerprint density at radius 3 is 2.45 bits per heavy atom. The van der Waals surface area contributed by atoms with Gasteiger partial charge in [0.1, 0.15) is 0 Å². The molecule has 0 heteroatoms. The summed E-state index contributed by atoms with van der Waals surface area (Å²) < 4.78 is 0. The van der Waals surface area contributed by atoms with E-state index in [1.165, 1.54) is 19.3 Å². The minimum Gasteiger partial charge on any atom is -0.0707 e. The first-order valence-corrected chi connectivity index (χ1v) is 4.83. The van der Waals surface area contributed by atoms with Crippen molar-refractivity contribution in [2.24, 2.45) is 11.8 Å². The smallest absolute Gasteiger partial charge is 0.0169 e. The fourth-order valence-corrected chi connectivity index (χ4v) is 1.96. The van der Waals surface area contributed by atoms with E-state index >= 15 is 0 Å². The highest BCUT2D eigenvalue weighted by Gasteiger charge is 2.23. The van der Waals surface area contributed by atoms with E-state index in [1.54, 1.807) is 11.1 Å². The van der Waals surface area contributed by atoms with Crippen LogP contribution in [0.1, 0.15) is 47.0 Å². The SMILES string of the molecule is CCC1CC(CC(C)C)=C1C. The van der Waals surface area contributed by atoms with Crippen molar-refractivity contribution in [1.82, 2.24) is 0 Å². The molecule has 0 aliphatic heterocycles. The molecule has 1 unspecified atom stereocenters. The Bertz CT molecular complexity index is 163. The molecule has 0 saturated carbocycles. The molecule has 1 atom stereocenters. The molecule has 0 spiro atoms. The molecule has 0 aromatic carbocycles. The van der Waals surface area contributed by atoms with Gasteiger partial charge in [-0.25, -0.2) is 0 Å². The zero-order chi connectivity index (χ0) is 8.43. The Morgan fingerprint density at radius 1 is 1.45 bits per heavy atom. The van der Waals surface area contributed by atoms with Gasteiger partial charge in [0.25, 0.3) is 0 Å². The highest BCUT2D eigenvalue weighted by atomic mass is 14.3. The van der Waals surface area contributed by atoms with Crippen LogP contribution >= 0.6 is 0 Å². The van der Waals surface area contributed by atoms with E-state index in [9.17, 15) is 0 Å². The van der Waals surface area contributed by atoms with E-state index in [-0.39, 0.29) is 0 Å². The Balaban J connectivity index is 2.44. The summed E-state index contributed by atoms with van der Waals surface area (Å²) in [5.41, 5.74) is 3.44. The lowest BCUT2D eigenvalue weighted by Crippen LogP contribution is -2.16. The van der Waals surface area contributed by atoms with Crippen molar-refractivity contribution in [3.05, 3.63) is 11.1 Å². The van der Waals surface area contributed by atoms with E-state index in [0.29, 0.717) is 0 Å². The van der Waals surface area contributed by atoms with Gasteiger partial charge in [0.05, 0.1) is 0 Å². The molecule has 0 fully saturated rings. The fourth-order valence-electron chi connectivity index (χ4n) is 1.96. The van der Waals surface area contributed by atoms with Gasteiger partial charge in [-0.2, -0.15) is 0 Å². The third kappa shape index (κ3) is 1.85. The average molecular weight is 152 g/mol. The second-order valence-corrected chi connectivity index (χ2v) is 4.19. The molecule has 0 N–H and O–H groups in total. The van der Waals surface area contributed by atoms with Gasteiger partial charge in [0.15, 0.2) is 0 Å². The van der Waals surface area contributed by atoms with E-state index < -0.39 is 0 Å². The van der Waals surface area contributed by atoms with Crippen LogP contribution in [0, 0.1) is 11.8 Å². The van der Waals surface area contributed by atoms with E-state index in [1.807, 2.05) is 0 Å². The molecule has 0 amide bonds. The lowest BCUT2D eigenvalue weighted by molar-refractivity contribution is 0.471. The maximum atomic E-state index is 2.31. The first-order chi connectivity index (χ1) is 5.15. The van der Waals surface area contributed by atoms with Crippen LogP contribution in [0.25, 0.3) is 0 Å². The Hall–Kier alpha value is -0.260. The van der Waals surface area contributed by atoms with Crippen molar-refractivity contribution in [2.45, 2.75) is 47.0 Å². The quantitative estimate of drug-likeness (QED) is 0.540. The molecule has 11 heavy (non-hydrogen) atoms. The van der Waals surface area contributed by atoms with Crippen LogP contribution in [0.4, 0.5) is 0 Å². The number of rotatable bonds is 3. The molecule has 1 aliphatic carbocycles. The van der Waals surface area contributed by atoms with Crippen LogP contribution in [-0.2, 0) is 0 Å². The summed E-state index contributed by atoms with van der Waals surface area (Å²) in [6.07, 6.45) is 4.07. The van der Waals surface area contributed by atoms with Gasteiger partial charge in [-0.3, -0.25) is 0 Å². The summed E-state index contributed by atoms with van der Waals surface area (Å²) in [5, 5.41) is 0. The summed E-state index contributed by atoms with van der Waals surface area (Å²) in [6, 6.07) is 0. The van der Waals surface area contributed by atoms with Gasteiger partial charge in [-0.05, 0) is 38.0 Å². The number of hydrogen-bond donors (Lipinski definition) is 0. The van der Waals surface area contributed by atoms with Crippen LogP contribution in [0.2, 0.25) is 0 Å². The van der Waals surface area contributed by atoms with Crippen molar-refractivity contribution in [3.8, 4) is 0 Å². The van der Waals surface area contributed by atoms with Gasteiger partial charge in [0.2, 0.25) is 0 Å². The monoisotopic (exact) mass is 152 g/mol. The molecule has 0 saturated heterocycles. The molecule has 1 aliphatic rings. The van der Waals surface area contributed by atoms with E-state index in [0.717, 1.165) is 11.8 Å². The minimum atomic E-state index is 0.845. The predicted octanol–water partition coefficient (Wildman–Crippen LogP) is 3.78. The Labute approximate surface area is 70.7 Å². The largest absolute Gasteiger partial charge is 0.0707 e. The van der Waals surface area contributed by atoms with Gasteiger partial charge in [-0.1, -0.05) is 31.9 Å². The Kier molecular flexibility index (Phi) is 2.75. The van der Waals surface area contributed by atoms with Crippen LogP contribution in [0.15, 0.2) is 11.1 Å². The first kappa shape index (κ1) is 8.83. The molecule has 0 aromatic heterocycles. The zero-order valence-electron chi connectivity index (χ0n) is 8.28. The summed E-state index contributed by atoms with van der Waals surface area (Å²) in [5.74, 6) is 1.78. The highest BCUT2D eigenvalue weighted by Crippen LogP contribution is 2.39. The third-order valence-corrected chi connectivity index (χ3v) is 2.81. The average Bonchev–Trinajstić information content (AvgIpc) is 1.96. The number of hydrogen-bond acceptors (Lipinski definition) is 0. The van der Waals surface area contributed by atoms with Crippen LogP contribution in [-0.4, -0.2) is 0 Å². The minimum absolute atomic E-state index is 0.845. The summed E-state index contributed by atoms with van der Waals surface area (Å²) >= 11 is 0. The van der Waals surface area contributed by atoms with Crippen molar-refractivity contribution < 1.29 is 0 Å². The molecule has 0 nitrogen and oxygen atoms in total. The molecular weight excluding hydrogens is 132 g/mol. The van der Waals surface area contributed by atoms with Crippen LogP contribution in [0.3, 0.4) is 0 Å². The van der Waals surface area contributed by atoms with Gasteiger partial charge in [-0.15, -0.1) is 0 Å². The molecular formula is C11H20. The molecule has 0 bridgehead atoms. The second kappa shape index (κ2) is 3.42. The van der Waals surface area contributed by atoms with E-state index in [4.69, 9.17) is 0 Å². The summed E-state index contributed by atoms with van der Waals surface area (Å²) in [7, 11) is 0. The lowest BCUT2D eigenvalue weighted by atomic mass is 9.74.